The first kappa shape index (κ1) is 12.7. The van der Waals surface area contributed by atoms with E-state index in [0.29, 0.717) is 11.3 Å². The molecule has 0 fully saturated rings. The van der Waals surface area contributed by atoms with E-state index >= 15 is 0 Å². The number of hydrogen-bond donors (Lipinski definition) is 2. The molecular formula is C13H14BrN3O. The SMILES string of the molecule is Cc1ccc(C)n1NC(=O)c1ccc(Br)cc1N. The van der Waals surface area contributed by atoms with Crippen LogP contribution in [0.25, 0.3) is 0 Å². The summed E-state index contributed by atoms with van der Waals surface area (Å²) >= 11 is 3.31. The van der Waals surface area contributed by atoms with Crippen molar-refractivity contribution in [2.24, 2.45) is 0 Å². The maximum atomic E-state index is 12.1. The third-order valence-electron chi connectivity index (χ3n) is 2.74. The Bertz CT molecular complexity index is 585. The molecule has 5 heteroatoms. The van der Waals surface area contributed by atoms with Crippen molar-refractivity contribution < 1.29 is 4.79 Å². The van der Waals surface area contributed by atoms with E-state index in [4.69, 9.17) is 5.73 Å². The normalized spacial score (nSPS) is 10.4. The van der Waals surface area contributed by atoms with Gasteiger partial charge >= 0.3 is 0 Å². The Kier molecular flexibility index (Phi) is 3.43. The highest BCUT2D eigenvalue weighted by Gasteiger charge is 2.11. The van der Waals surface area contributed by atoms with Gasteiger partial charge in [0.25, 0.3) is 5.91 Å². The highest BCUT2D eigenvalue weighted by atomic mass is 79.9. The average molecular weight is 308 g/mol. The van der Waals surface area contributed by atoms with E-state index in [1.165, 1.54) is 0 Å². The van der Waals surface area contributed by atoms with Crippen LogP contribution in [-0.4, -0.2) is 10.6 Å². The van der Waals surface area contributed by atoms with Crippen LogP contribution in [0.15, 0.2) is 34.8 Å². The zero-order valence-corrected chi connectivity index (χ0v) is 11.8. The first-order valence-corrected chi connectivity index (χ1v) is 6.29. The van der Waals surface area contributed by atoms with Crippen molar-refractivity contribution >= 4 is 27.5 Å². The third kappa shape index (κ3) is 2.41. The van der Waals surface area contributed by atoms with Gasteiger partial charge < -0.3 is 5.73 Å². The molecule has 1 aromatic heterocycles. The van der Waals surface area contributed by atoms with Crippen molar-refractivity contribution in [3.05, 3.63) is 51.8 Å². The lowest BCUT2D eigenvalue weighted by Gasteiger charge is -2.12. The summed E-state index contributed by atoms with van der Waals surface area (Å²) in [6.45, 7) is 3.86. The van der Waals surface area contributed by atoms with Crippen LogP contribution in [0.2, 0.25) is 0 Å². The van der Waals surface area contributed by atoms with Crippen molar-refractivity contribution in [2.75, 3.05) is 11.2 Å². The van der Waals surface area contributed by atoms with Gasteiger partial charge in [0.2, 0.25) is 0 Å². The summed E-state index contributed by atoms with van der Waals surface area (Å²) in [5, 5.41) is 0. The summed E-state index contributed by atoms with van der Waals surface area (Å²) in [6, 6.07) is 9.09. The molecule has 0 radical (unpaired) electrons. The van der Waals surface area contributed by atoms with Crippen LogP contribution in [-0.2, 0) is 0 Å². The molecule has 18 heavy (non-hydrogen) atoms. The van der Waals surface area contributed by atoms with Gasteiger partial charge in [0.05, 0.1) is 5.56 Å². The number of nitrogens with one attached hydrogen (secondary N) is 1. The number of carbonyl (C=O) groups excluding carboxylic acids is 1. The van der Waals surface area contributed by atoms with Crippen LogP contribution in [0.4, 0.5) is 5.69 Å². The van der Waals surface area contributed by atoms with Crippen LogP contribution in [0.5, 0.6) is 0 Å². The Morgan fingerprint density at radius 1 is 1.22 bits per heavy atom. The molecule has 1 amide bonds. The van der Waals surface area contributed by atoms with E-state index in [0.717, 1.165) is 15.9 Å². The predicted molar refractivity (Wildman–Crippen MR) is 76.2 cm³/mol. The molecule has 0 saturated heterocycles. The molecule has 0 atom stereocenters. The smallest absolute Gasteiger partial charge is 0.272 e. The molecule has 0 aliphatic heterocycles. The minimum absolute atomic E-state index is 0.220. The van der Waals surface area contributed by atoms with Gasteiger partial charge in [-0.3, -0.25) is 14.9 Å². The number of amides is 1. The highest BCUT2D eigenvalue weighted by Crippen LogP contribution is 2.19. The van der Waals surface area contributed by atoms with Gasteiger partial charge in [0.1, 0.15) is 0 Å². The Morgan fingerprint density at radius 3 is 2.39 bits per heavy atom. The van der Waals surface area contributed by atoms with Gasteiger partial charge in [-0.2, -0.15) is 0 Å². The molecule has 0 aliphatic carbocycles. The van der Waals surface area contributed by atoms with Crippen LogP contribution in [0, 0.1) is 13.8 Å². The molecule has 0 aliphatic rings. The van der Waals surface area contributed by atoms with Gasteiger partial charge in [-0.25, -0.2) is 0 Å². The molecule has 0 saturated carbocycles. The minimum Gasteiger partial charge on any atom is -0.398 e. The van der Waals surface area contributed by atoms with Crippen molar-refractivity contribution in [3.8, 4) is 0 Å². The topological polar surface area (TPSA) is 60.0 Å². The zero-order valence-electron chi connectivity index (χ0n) is 10.2. The molecule has 94 valence electrons. The molecule has 2 aromatic rings. The monoisotopic (exact) mass is 307 g/mol. The molecule has 0 bridgehead atoms. The second-order valence-corrected chi connectivity index (χ2v) is 5.04. The largest absolute Gasteiger partial charge is 0.398 e. The fraction of sp³-hybridized carbons (Fsp3) is 0.154. The van der Waals surface area contributed by atoms with Crippen LogP contribution >= 0.6 is 15.9 Å². The number of carbonyl (C=O) groups is 1. The highest BCUT2D eigenvalue weighted by molar-refractivity contribution is 9.10. The van der Waals surface area contributed by atoms with Gasteiger partial charge in [-0.1, -0.05) is 15.9 Å². The lowest BCUT2D eigenvalue weighted by molar-refractivity contribution is 0.101. The Morgan fingerprint density at radius 2 is 1.83 bits per heavy atom. The Balaban J connectivity index is 2.28. The standard InChI is InChI=1S/C13H14BrN3O/c1-8-3-4-9(2)17(8)16-13(18)11-6-5-10(14)7-12(11)15/h3-7H,15H2,1-2H3,(H,16,18). The maximum Gasteiger partial charge on any atom is 0.272 e. The molecule has 1 aromatic carbocycles. The van der Waals surface area contributed by atoms with Crippen LogP contribution < -0.4 is 11.2 Å². The van der Waals surface area contributed by atoms with Gasteiger partial charge in [0, 0.05) is 21.5 Å². The number of aryl methyl sites for hydroxylation is 2. The number of nitrogen functional groups attached to an aromatic ring is 1. The van der Waals surface area contributed by atoms with Gasteiger partial charge in [0.15, 0.2) is 0 Å². The lowest BCUT2D eigenvalue weighted by Crippen LogP contribution is -2.25. The number of rotatable bonds is 2. The second-order valence-electron chi connectivity index (χ2n) is 4.12. The molecule has 1 heterocycles. The van der Waals surface area contributed by atoms with Crippen molar-refractivity contribution in [2.45, 2.75) is 13.8 Å². The van der Waals surface area contributed by atoms with Crippen LogP contribution in [0.3, 0.4) is 0 Å². The quantitative estimate of drug-likeness (QED) is 0.838. The zero-order chi connectivity index (χ0) is 13.3. The number of halogens is 1. The van der Waals surface area contributed by atoms with Crippen molar-refractivity contribution in [1.82, 2.24) is 4.68 Å². The number of nitrogens with two attached hydrogens (primary N) is 1. The number of hydrogen-bond acceptors (Lipinski definition) is 2. The first-order valence-electron chi connectivity index (χ1n) is 5.50. The summed E-state index contributed by atoms with van der Waals surface area (Å²) < 4.78 is 2.59. The average Bonchev–Trinajstić information content (AvgIpc) is 2.60. The molecule has 0 spiro atoms. The maximum absolute atomic E-state index is 12.1. The van der Waals surface area contributed by atoms with E-state index < -0.39 is 0 Å². The molecule has 2 rings (SSSR count). The third-order valence-corrected chi connectivity index (χ3v) is 3.24. The number of anilines is 1. The minimum atomic E-state index is -0.220. The summed E-state index contributed by atoms with van der Waals surface area (Å²) in [7, 11) is 0. The predicted octanol–water partition coefficient (Wildman–Crippen LogP) is 2.83. The fourth-order valence-corrected chi connectivity index (χ4v) is 2.13. The summed E-state index contributed by atoms with van der Waals surface area (Å²) in [5.41, 5.74) is 11.5. The van der Waals surface area contributed by atoms with Crippen molar-refractivity contribution in [1.29, 1.82) is 0 Å². The molecular weight excluding hydrogens is 294 g/mol. The molecule has 3 N–H and O–H groups in total. The molecule has 0 unspecified atom stereocenters. The second kappa shape index (κ2) is 4.86. The lowest BCUT2D eigenvalue weighted by atomic mass is 10.2. The Hall–Kier alpha value is -1.75. The fourth-order valence-electron chi connectivity index (χ4n) is 1.75. The van der Waals surface area contributed by atoms with E-state index in [1.807, 2.05) is 26.0 Å². The van der Waals surface area contributed by atoms with E-state index in [-0.39, 0.29) is 5.91 Å². The van der Waals surface area contributed by atoms with Crippen LogP contribution in [0.1, 0.15) is 21.7 Å². The molecule has 4 nitrogen and oxygen atoms in total. The number of aromatic nitrogens is 1. The number of benzene rings is 1. The summed E-state index contributed by atoms with van der Waals surface area (Å²) in [5.74, 6) is -0.220. The van der Waals surface area contributed by atoms with E-state index in [9.17, 15) is 4.79 Å². The first-order chi connectivity index (χ1) is 8.49. The summed E-state index contributed by atoms with van der Waals surface area (Å²) in [6.07, 6.45) is 0. The van der Waals surface area contributed by atoms with E-state index in [1.54, 1.807) is 22.9 Å². The summed E-state index contributed by atoms with van der Waals surface area (Å²) in [4.78, 5) is 12.1. The van der Waals surface area contributed by atoms with E-state index in [2.05, 4.69) is 21.4 Å². The Labute approximate surface area is 114 Å². The van der Waals surface area contributed by atoms with Gasteiger partial charge in [-0.15, -0.1) is 0 Å². The van der Waals surface area contributed by atoms with Crippen molar-refractivity contribution in [3.63, 3.8) is 0 Å². The van der Waals surface area contributed by atoms with Gasteiger partial charge in [-0.05, 0) is 44.2 Å². The number of nitrogens with zero attached hydrogens (tertiary/aromatic N) is 1.